The predicted molar refractivity (Wildman–Crippen MR) is 80.8 cm³/mol. The molecule has 2 rings (SSSR count). The fourth-order valence-corrected chi connectivity index (χ4v) is 2.09. The number of amides is 3. The Kier molecular flexibility index (Phi) is 5.08. The van der Waals surface area contributed by atoms with Gasteiger partial charge in [-0.05, 0) is 38.5 Å². The Bertz CT molecular complexity index is 562. The molecule has 3 N–H and O–H groups in total. The van der Waals surface area contributed by atoms with Crippen LogP contribution < -0.4 is 25.4 Å². The molecule has 7 heteroatoms. The Labute approximate surface area is 129 Å². The van der Waals surface area contributed by atoms with Crippen LogP contribution >= 0.6 is 0 Å². The molecule has 1 aromatic rings. The fourth-order valence-electron chi connectivity index (χ4n) is 2.09. The maximum absolute atomic E-state index is 11.9. The first-order chi connectivity index (χ1) is 10.5. The molecule has 1 aliphatic heterocycles. The van der Waals surface area contributed by atoms with Crippen molar-refractivity contribution in [2.45, 2.75) is 32.9 Å². The molecule has 0 saturated heterocycles. The molecule has 1 aromatic carbocycles. The predicted octanol–water partition coefficient (Wildman–Crippen LogP) is 1.30. The van der Waals surface area contributed by atoms with E-state index in [4.69, 9.17) is 9.47 Å². The maximum Gasteiger partial charge on any atom is 0.315 e. The molecule has 120 valence electrons. The Hall–Kier alpha value is -2.44. The molecule has 0 aromatic heterocycles. The molecule has 2 atom stereocenters. The van der Waals surface area contributed by atoms with Gasteiger partial charge in [-0.1, -0.05) is 6.07 Å². The Morgan fingerprint density at radius 3 is 2.64 bits per heavy atom. The van der Waals surface area contributed by atoms with E-state index < -0.39 is 12.1 Å². The number of carbonyl (C=O) groups is 2. The van der Waals surface area contributed by atoms with Crippen LogP contribution in [0, 0.1) is 0 Å². The van der Waals surface area contributed by atoms with Crippen molar-refractivity contribution in [1.29, 1.82) is 0 Å². The number of rotatable bonds is 5. The fraction of sp³-hybridized carbons (Fsp3) is 0.467. The summed E-state index contributed by atoms with van der Waals surface area (Å²) in [7, 11) is 0. The van der Waals surface area contributed by atoms with Crippen molar-refractivity contribution < 1.29 is 19.1 Å². The lowest BCUT2D eigenvalue weighted by atomic mass is 10.1. The lowest BCUT2D eigenvalue weighted by Crippen LogP contribution is -2.48. The van der Waals surface area contributed by atoms with E-state index in [1.54, 1.807) is 6.92 Å². The highest BCUT2D eigenvalue weighted by Crippen LogP contribution is 2.34. The number of ether oxygens (including phenoxy) is 2. The zero-order chi connectivity index (χ0) is 16.1. The molecule has 0 bridgehead atoms. The Morgan fingerprint density at radius 1 is 1.18 bits per heavy atom. The standard InChI is InChI=1S/C15H21N3O4/c1-4-16-14(19)10(3)18-15(20)17-9(2)11-5-6-12-13(7-11)22-8-21-12/h5-7,9-10H,4,8H2,1-3H3,(H,16,19)(H2,17,18,20)/t9-,10-/m1/s1. The highest BCUT2D eigenvalue weighted by Gasteiger charge is 2.19. The van der Waals surface area contributed by atoms with E-state index in [2.05, 4.69) is 16.0 Å². The second-order valence-corrected chi connectivity index (χ2v) is 5.07. The van der Waals surface area contributed by atoms with Gasteiger partial charge in [-0.25, -0.2) is 4.79 Å². The molecule has 7 nitrogen and oxygen atoms in total. The number of hydrogen-bond donors (Lipinski definition) is 3. The van der Waals surface area contributed by atoms with Gasteiger partial charge in [0.1, 0.15) is 6.04 Å². The zero-order valence-corrected chi connectivity index (χ0v) is 12.9. The minimum Gasteiger partial charge on any atom is -0.454 e. The number of nitrogens with one attached hydrogen (secondary N) is 3. The van der Waals surface area contributed by atoms with Gasteiger partial charge in [-0.2, -0.15) is 0 Å². The number of carbonyl (C=O) groups excluding carboxylic acids is 2. The SMILES string of the molecule is CCNC(=O)[C@@H](C)NC(=O)N[C@H](C)c1ccc2c(c1)OCO2. The van der Waals surface area contributed by atoms with Crippen molar-refractivity contribution >= 4 is 11.9 Å². The molecule has 0 spiro atoms. The van der Waals surface area contributed by atoms with Crippen molar-refractivity contribution in [1.82, 2.24) is 16.0 Å². The average molecular weight is 307 g/mol. The van der Waals surface area contributed by atoms with Gasteiger partial charge in [0, 0.05) is 6.54 Å². The van der Waals surface area contributed by atoms with Crippen LogP contribution in [0.2, 0.25) is 0 Å². The van der Waals surface area contributed by atoms with E-state index in [0.717, 1.165) is 5.56 Å². The molecule has 0 aliphatic carbocycles. The first-order valence-electron chi connectivity index (χ1n) is 7.25. The summed E-state index contributed by atoms with van der Waals surface area (Å²) in [4.78, 5) is 23.5. The summed E-state index contributed by atoms with van der Waals surface area (Å²) < 4.78 is 10.6. The third-order valence-electron chi connectivity index (χ3n) is 3.34. The minimum absolute atomic E-state index is 0.213. The molecule has 0 saturated carbocycles. The van der Waals surface area contributed by atoms with Gasteiger partial charge in [-0.15, -0.1) is 0 Å². The van der Waals surface area contributed by atoms with E-state index in [1.165, 1.54) is 0 Å². The first-order valence-corrected chi connectivity index (χ1v) is 7.25. The van der Waals surface area contributed by atoms with E-state index in [0.29, 0.717) is 18.0 Å². The summed E-state index contributed by atoms with van der Waals surface area (Å²) in [6.07, 6.45) is 0. The lowest BCUT2D eigenvalue weighted by molar-refractivity contribution is -0.122. The third-order valence-corrected chi connectivity index (χ3v) is 3.34. The summed E-state index contributed by atoms with van der Waals surface area (Å²) in [5.41, 5.74) is 0.894. The lowest BCUT2D eigenvalue weighted by Gasteiger charge is -2.18. The van der Waals surface area contributed by atoms with Gasteiger partial charge >= 0.3 is 6.03 Å². The Balaban J connectivity index is 1.90. The highest BCUT2D eigenvalue weighted by molar-refractivity contribution is 5.86. The summed E-state index contributed by atoms with van der Waals surface area (Å²) in [5.74, 6) is 1.15. The van der Waals surface area contributed by atoms with Crippen molar-refractivity contribution in [3.05, 3.63) is 23.8 Å². The third kappa shape index (κ3) is 3.81. The van der Waals surface area contributed by atoms with Gasteiger partial charge in [0.05, 0.1) is 6.04 Å². The Morgan fingerprint density at radius 2 is 1.91 bits per heavy atom. The van der Waals surface area contributed by atoms with Crippen LogP contribution in [0.15, 0.2) is 18.2 Å². The van der Waals surface area contributed by atoms with Gasteiger partial charge in [0.25, 0.3) is 0 Å². The summed E-state index contributed by atoms with van der Waals surface area (Å²) in [5, 5.41) is 8.04. The molecule has 0 fully saturated rings. The molecular formula is C15H21N3O4. The van der Waals surface area contributed by atoms with E-state index in [9.17, 15) is 9.59 Å². The second-order valence-electron chi connectivity index (χ2n) is 5.07. The highest BCUT2D eigenvalue weighted by atomic mass is 16.7. The van der Waals surface area contributed by atoms with Crippen molar-refractivity contribution in [2.24, 2.45) is 0 Å². The summed E-state index contributed by atoms with van der Waals surface area (Å²) in [6.45, 7) is 6.06. The van der Waals surface area contributed by atoms with Crippen LogP contribution in [0.25, 0.3) is 0 Å². The number of hydrogen-bond acceptors (Lipinski definition) is 4. The zero-order valence-electron chi connectivity index (χ0n) is 12.9. The van der Waals surface area contributed by atoms with Gasteiger partial charge < -0.3 is 25.4 Å². The maximum atomic E-state index is 11.9. The molecule has 22 heavy (non-hydrogen) atoms. The van der Waals surface area contributed by atoms with Crippen LogP contribution in [0.3, 0.4) is 0 Å². The smallest absolute Gasteiger partial charge is 0.315 e. The molecular weight excluding hydrogens is 286 g/mol. The van der Waals surface area contributed by atoms with Crippen LogP contribution in [0.4, 0.5) is 4.79 Å². The molecule has 1 heterocycles. The van der Waals surface area contributed by atoms with E-state index in [-0.39, 0.29) is 18.7 Å². The quantitative estimate of drug-likeness (QED) is 0.765. The molecule has 3 amide bonds. The normalized spacial score (nSPS) is 14.9. The van der Waals surface area contributed by atoms with Gasteiger partial charge in [0.15, 0.2) is 11.5 Å². The van der Waals surface area contributed by atoms with Gasteiger partial charge in [0.2, 0.25) is 12.7 Å². The van der Waals surface area contributed by atoms with E-state index >= 15 is 0 Å². The minimum atomic E-state index is -0.594. The molecule has 0 unspecified atom stereocenters. The van der Waals surface area contributed by atoms with Crippen LogP contribution in [-0.2, 0) is 4.79 Å². The van der Waals surface area contributed by atoms with E-state index in [1.807, 2.05) is 32.0 Å². The van der Waals surface area contributed by atoms with Crippen LogP contribution in [0.1, 0.15) is 32.4 Å². The van der Waals surface area contributed by atoms with Crippen molar-refractivity contribution in [2.75, 3.05) is 13.3 Å². The average Bonchev–Trinajstić information content (AvgIpc) is 2.94. The summed E-state index contributed by atoms with van der Waals surface area (Å²) in [6, 6.07) is 4.29. The first kappa shape index (κ1) is 15.9. The second kappa shape index (κ2) is 7.02. The monoisotopic (exact) mass is 307 g/mol. The van der Waals surface area contributed by atoms with Gasteiger partial charge in [-0.3, -0.25) is 4.79 Å². The topological polar surface area (TPSA) is 88.7 Å². The number of fused-ring (bicyclic) bond motifs is 1. The van der Waals surface area contributed by atoms with Crippen LogP contribution in [0.5, 0.6) is 11.5 Å². The number of benzene rings is 1. The largest absolute Gasteiger partial charge is 0.454 e. The molecule has 1 aliphatic rings. The van der Waals surface area contributed by atoms with Crippen LogP contribution in [-0.4, -0.2) is 31.3 Å². The number of likely N-dealkylation sites (N-methyl/N-ethyl adjacent to an activating group) is 1. The number of urea groups is 1. The van der Waals surface area contributed by atoms with Crippen molar-refractivity contribution in [3.8, 4) is 11.5 Å². The molecule has 0 radical (unpaired) electrons. The summed E-state index contributed by atoms with van der Waals surface area (Å²) >= 11 is 0. The van der Waals surface area contributed by atoms with Crippen molar-refractivity contribution in [3.63, 3.8) is 0 Å².